The second-order valence-corrected chi connectivity index (χ2v) is 5.20. The average molecular weight is 263 g/mol. The van der Waals surface area contributed by atoms with Crippen LogP contribution in [0.2, 0.25) is 5.02 Å². The van der Waals surface area contributed by atoms with Gasteiger partial charge in [-0.05, 0) is 33.0 Å². The van der Waals surface area contributed by atoms with Gasteiger partial charge in [-0.3, -0.25) is 0 Å². The molecule has 0 aliphatic heterocycles. The van der Waals surface area contributed by atoms with E-state index >= 15 is 0 Å². The molecule has 0 saturated carbocycles. The first-order valence-corrected chi connectivity index (χ1v) is 6.71. The van der Waals surface area contributed by atoms with Crippen molar-refractivity contribution in [3.8, 4) is 0 Å². The van der Waals surface area contributed by atoms with Crippen molar-refractivity contribution >= 4 is 43.9 Å². The van der Waals surface area contributed by atoms with Gasteiger partial charge < -0.3 is 0 Å². The highest BCUT2D eigenvalue weighted by atomic mass is 35.5. The third-order valence-corrected chi connectivity index (χ3v) is 4.01. The van der Waals surface area contributed by atoms with Gasteiger partial charge in [-0.2, -0.15) is 0 Å². The van der Waals surface area contributed by atoms with Crippen LogP contribution in [0.3, 0.4) is 0 Å². The van der Waals surface area contributed by atoms with Crippen LogP contribution in [-0.4, -0.2) is 0 Å². The first kappa shape index (κ1) is 10.8. The Labute approximate surface area is 116 Å². The number of halogens is 1. The minimum absolute atomic E-state index is 0.819. The lowest BCUT2D eigenvalue weighted by Gasteiger charge is -2.09. The summed E-state index contributed by atoms with van der Waals surface area (Å²) in [6.07, 6.45) is 0. The van der Waals surface area contributed by atoms with E-state index in [4.69, 9.17) is 11.6 Å². The molecule has 4 rings (SSSR count). The van der Waals surface area contributed by atoms with Gasteiger partial charge >= 0.3 is 0 Å². The van der Waals surface area contributed by atoms with Gasteiger partial charge in [0.25, 0.3) is 0 Å². The second kappa shape index (κ2) is 3.97. The van der Waals surface area contributed by atoms with Crippen molar-refractivity contribution in [2.75, 3.05) is 0 Å². The predicted octanol–water partition coefficient (Wildman–Crippen LogP) is 5.80. The molecule has 1 heteroatoms. The molecule has 0 radical (unpaired) electrons. The molecule has 19 heavy (non-hydrogen) atoms. The van der Waals surface area contributed by atoms with Crippen LogP contribution in [0, 0.1) is 0 Å². The van der Waals surface area contributed by atoms with Gasteiger partial charge in [0.1, 0.15) is 0 Å². The molecule has 0 heterocycles. The van der Waals surface area contributed by atoms with Crippen LogP contribution in [0.4, 0.5) is 0 Å². The first-order valence-electron chi connectivity index (χ1n) is 6.33. The third kappa shape index (κ3) is 1.54. The van der Waals surface area contributed by atoms with Crippen molar-refractivity contribution in [1.29, 1.82) is 0 Å². The lowest BCUT2D eigenvalue weighted by molar-refractivity contribution is 1.77. The Morgan fingerprint density at radius 2 is 1.16 bits per heavy atom. The summed E-state index contributed by atoms with van der Waals surface area (Å²) >= 11 is 6.44. The van der Waals surface area contributed by atoms with Gasteiger partial charge in [0.05, 0.1) is 0 Å². The molecule has 0 nitrogen and oxygen atoms in total. The van der Waals surface area contributed by atoms with E-state index in [9.17, 15) is 0 Å². The van der Waals surface area contributed by atoms with E-state index in [1.807, 2.05) is 12.1 Å². The molecule has 0 aromatic heterocycles. The highest BCUT2D eigenvalue weighted by Gasteiger charge is 2.07. The van der Waals surface area contributed by atoms with Crippen LogP contribution in [0.25, 0.3) is 32.3 Å². The summed E-state index contributed by atoms with van der Waals surface area (Å²) in [7, 11) is 0. The van der Waals surface area contributed by atoms with Gasteiger partial charge in [-0.15, -0.1) is 0 Å². The van der Waals surface area contributed by atoms with Gasteiger partial charge in [0.15, 0.2) is 0 Å². The van der Waals surface area contributed by atoms with Crippen LogP contribution >= 0.6 is 11.6 Å². The van der Waals surface area contributed by atoms with Crippen molar-refractivity contribution in [3.63, 3.8) is 0 Å². The zero-order chi connectivity index (χ0) is 12.8. The zero-order valence-electron chi connectivity index (χ0n) is 10.2. The molecule has 0 amide bonds. The lowest BCUT2D eigenvalue weighted by atomic mass is 9.96. The van der Waals surface area contributed by atoms with E-state index in [1.165, 1.54) is 26.9 Å². The fourth-order valence-electron chi connectivity index (χ4n) is 2.83. The summed E-state index contributed by atoms with van der Waals surface area (Å²) < 4.78 is 0. The standard InChI is InChI=1S/C18H11Cl/c19-16-7-3-5-13-10-11-14-9-8-12-4-1-2-6-15(12)17(14)18(13)16/h1-11H. The van der Waals surface area contributed by atoms with Gasteiger partial charge in [-0.25, -0.2) is 0 Å². The van der Waals surface area contributed by atoms with Gasteiger partial charge in [0, 0.05) is 10.4 Å². The Morgan fingerprint density at radius 1 is 0.526 bits per heavy atom. The Balaban J connectivity index is 2.40. The predicted molar refractivity (Wildman–Crippen MR) is 84.0 cm³/mol. The van der Waals surface area contributed by atoms with Crippen molar-refractivity contribution in [1.82, 2.24) is 0 Å². The lowest BCUT2D eigenvalue weighted by Crippen LogP contribution is -1.81. The summed E-state index contributed by atoms with van der Waals surface area (Å²) in [5.41, 5.74) is 0. The zero-order valence-corrected chi connectivity index (χ0v) is 11.0. The topological polar surface area (TPSA) is 0 Å². The summed E-state index contributed by atoms with van der Waals surface area (Å²) in [6, 6.07) is 23.2. The molecule has 0 spiro atoms. The highest BCUT2D eigenvalue weighted by Crippen LogP contribution is 2.35. The molecule has 4 aromatic rings. The Hall–Kier alpha value is -2.05. The van der Waals surface area contributed by atoms with E-state index in [1.54, 1.807) is 0 Å². The maximum absolute atomic E-state index is 6.44. The van der Waals surface area contributed by atoms with E-state index in [0.29, 0.717) is 0 Å². The molecular formula is C18H11Cl. The number of benzene rings is 4. The molecule has 0 unspecified atom stereocenters. The van der Waals surface area contributed by atoms with Crippen LogP contribution in [0.15, 0.2) is 66.7 Å². The average Bonchev–Trinajstić information content (AvgIpc) is 2.47. The maximum atomic E-state index is 6.44. The molecule has 0 aliphatic rings. The fourth-order valence-corrected chi connectivity index (χ4v) is 3.11. The van der Waals surface area contributed by atoms with Crippen LogP contribution in [0.1, 0.15) is 0 Å². The maximum Gasteiger partial charge on any atom is 0.0490 e. The summed E-state index contributed by atoms with van der Waals surface area (Å²) in [6.45, 7) is 0. The summed E-state index contributed by atoms with van der Waals surface area (Å²) in [5.74, 6) is 0. The number of hydrogen-bond donors (Lipinski definition) is 0. The van der Waals surface area contributed by atoms with Crippen molar-refractivity contribution in [2.24, 2.45) is 0 Å². The molecule has 0 fully saturated rings. The van der Waals surface area contributed by atoms with E-state index < -0.39 is 0 Å². The monoisotopic (exact) mass is 262 g/mol. The Morgan fingerprint density at radius 3 is 2.00 bits per heavy atom. The first-order chi connectivity index (χ1) is 9.34. The molecule has 0 bridgehead atoms. The normalized spacial score (nSPS) is 11.4. The number of rotatable bonds is 0. The van der Waals surface area contributed by atoms with E-state index in [0.717, 1.165) is 10.4 Å². The SMILES string of the molecule is Clc1cccc2ccc3ccc4ccccc4c3c12. The number of fused-ring (bicyclic) bond motifs is 5. The molecule has 4 aromatic carbocycles. The van der Waals surface area contributed by atoms with Gasteiger partial charge in [0.2, 0.25) is 0 Å². The van der Waals surface area contributed by atoms with Crippen LogP contribution < -0.4 is 0 Å². The Kier molecular flexibility index (Phi) is 2.27. The van der Waals surface area contributed by atoms with Gasteiger partial charge in [-0.1, -0.05) is 72.3 Å². The quantitative estimate of drug-likeness (QED) is 0.351. The third-order valence-electron chi connectivity index (χ3n) is 3.70. The molecular weight excluding hydrogens is 252 g/mol. The molecule has 0 atom stereocenters. The highest BCUT2D eigenvalue weighted by molar-refractivity contribution is 6.39. The molecule has 90 valence electrons. The van der Waals surface area contributed by atoms with Crippen LogP contribution in [0.5, 0.6) is 0 Å². The second-order valence-electron chi connectivity index (χ2n) is 4.79. The molecule has 0 saturated heterocycles. The van der Waals surface area contributed by atoms with Crippen molar-refractivity contribution < 1.29 is 0 Å². The van der Waals surface area contributed by atoms with Crippen molar-refractivity contribution in [2.45, 2.75) is 0 Å². The molecule has 0 N–H and O–H groups in total. The summed E-state index contributed by atoms with van der Waals surface area (Å²) in [5, 5.41) is 8.16. The molecule has 0 aliphatic carbocycles. The Bertz CT molecular complexity index is 917. The largest absolute Gasteiger partial charge is 0.0836 e. The summed E-state index contributed by atoms with van der Waals surface area (Å²) in [4.78, 5) is 0. The van der Waals surface area contributed by atoms with E-state index in [2.05, 4.69) is 54.6 Å². The van der Waals surface area contributed by atoms with E-state index in [-0.39, 0.29) is 0 Å². The minimum atomic E-state index is 0.819. The smallest absolute Gasteiger partial charge is 0.0490 e. The van der Waals surface area contributed by atoms with Crippen molar-refractivity contribution in [3.05, 3.63) is 71.8 Å². The number of hydrogen-bond acceptors (Lipinski definition) is 0. The van der Waals surface area contributed by atoms with Crippen LogP contribution in [-0.2, 0) is 0 Å². The minimum Gasteiger partial charge on any atom is -0.0836 e. The fraction of sp³-hybridized carbons (Fsp3) is 0.